The molecule has 0 saturated carbocycles. The lowest BCUT2D eigenvalue weighted by Gasteiger charge is -2.34. The van der Waals surface area contributed by atoms with Crippen LogP contribution in [-0.2, 0) is 6.54 Å². The number of nitriles is 1. The molecule has 0 aliphatic carbocycles. The second-order valence-corrected chi connectivity index (χ2v) is 8.78. The summed E-state index contributed by atoms with van der Waals surface area (Å²) < 4.78 is 0.808. The zero-order valence-electron chi connectivity index (χ0n) is 15.8. The van der Waals surface area contributed by atoms with Crippen LogP contribution < -0.4 is 0 Å². The molecule has 1 aromatic heterocycles. The number of amides is 1. The zero-order valence-corrected chi connectivity index (χ0v) is 17.4. The van der Waals surface area contributed by atoms with Crippen molar-refractivity contribution in [2.24, 2.45) is 0 Å². The second-order valence-electron chi connectivity index (χ2n) is 6.98. The van der Waals surface area contributed by atoms with E-state index in [1.165, 1.54) is 4.88 Å². The molecule has 4 nitrogen and oxygen atoms in total. The molecule has 1 saturated heterocycles. The van der Waals surface area contributed by atoms with Crippen molar-refractivity contribution in [3.8, 4) is 17.2 Å². The fourth-order valence-electron chi connectivity index (χ4n) is 3.66. The number of benzene rings is 2. The number of halogens is 1. The van der Waals surface area contributed by atoms with E-state index in [-0.39, 0.29) is 5.91 Å². The largest absolute Gasteiger partial charge is 0.336 e. The van der Waals surface area contributed by atoms with Crippen LogP contribution in [0.3, 0.4) is 0 Å². The SMILES string of the molecule is N#Cc1ccccc1-c1ccccc1C(=O)N1CCN(Cc2ccc(Cl)s2)CC1. The summed E-state index contributed by atoms with van der Waals surface area (Å²) in [4.78, 5) is 18.8. The van der Waals surface area contributed by atoms with Gasteiger partial charge >= 0.3 is 0 Å². The minimum Gasteiger partial charge on any atom is -0.336 e. The van der Waals surface area contributed by atoms with Gasteiger partial charge in [0.2, 0.25) is 0 Å². The molecule has 0 bridgehead atoms. The first-order valence-electron chi connectivity index (χ1n) is 9.50. The molecule has 1 amide bonds. The van der Waals surface area contributed by atoms with Crippen LogP contribution in [0.15, 0.2) is 60.7 Å². The molecular weight excluding hydrogens is 402 g/mol. The fourth-order valence-corrected chi connectivity index (χ4v) is 4.79. The number of carbonyl (C=O) groups is 1. The second kappa shape index (κ2) is 8.79. The zero-order chi connectivity index (χ0) is 20.2. The molecule has 0 N–H and O–H groups in total. The summed E-state index contributed by atoms with van der Waals surface area (Å²) in [6.07, 6.45) is 0. The van der Waals surface area contributed by atoms with Crippen LogP contribution in [0, 0.1) is 11.3 Å². The number of piperazine rings is 1. The Morgan fingerprint density at radius 2 is 1.66 bits per heavy atom. The van der Waals surface area contributed by atoms with E-state index in [2.05, 4.69) is 17.0 Å². The summed E-state index contributed by atoms with van der Waals surface area (Å²) in [5, 5.41) is 9.45. The Balaban J connectivity index is 1.49. The van der Waals surface area contributed by atoms with Crippen LogP contribution in [0.1, 0.15) is 20.8 Å². The van der Waals surface area contributed by atoms with Gasteiger partial charge in [-0.05, 0) is 29.8 Å². The van der Waals surface area contributed by atoms with Crippen LogP contribution in [0.25, 0.3) is 11.1 Å². The lowest BCUT2D eigenvalue weighted by molar-refractivity contribution is 0.0630. The summed E-state index contributed by atoms with van der Waals surface area (Å²) in [7, 11) is 0. The van der Waals surface area contributed by atoms with Crippen molar-refractivity contribution in [3.05, 3.63) is 81.0 Å². The van der Waals surface area contributed by atoms with Crippen molar-refractivity contribution in [3.63, 3.8) is 0 Å². The number of hydrogen-bond acceptors (Lipinski definition) is 4. The lowest BCUT2D eigenvalue weighted by Crippen LogP contribution is -2.48. The molecule has 1 aliphatic heterocycles. The third-order valence-electron chi connectivity index (χ3n) is 5.16. The molecule has 3 aromatic rings. The van der Waals surface area contributed by atoms with E-state index in [1.807, 2.05) is 53.4 Å². The van der Waals surface area contributed by atoms with E-state index in [1.54, 1.807) is 17.4 Å². The van der Waals surface area contributed by atoms with E-state index >= 15 is 0 Å². The number of thiophene rings is 1. The standard InChI is InChI=1S/C23H20ClN3OS/c24-22-10-9-18(29-22)16-26-11-13-27(14-12-26)23(28)21-8-4-3-7-20(21)19-6-2-1-5-17(19)15-25/h1-10H,11-14,16H2. The van der Waals surface area contributed by atoms with Gasteiger partial charge in [-0.25, -0.2) is 0 Å². The average Bonchev–Trinajstić information content (AvgIpc) is 3.18. The third-order valence-corrected chi connectivity index (χ3v) is 6.38. The van der Waals surface area contributed by atoms with Crippen LogP contribution >= 0.6 is 22.9 Å². The number of nitrogens with zero attached hydrogens (tertiary/aromatic N) is 3. The van der Waals surface area contributed by atoms with Crippen molar-refractivity contribution < 1.29 is 4.79 Å². The molecule has 1 fully saturated rings. The maximum atomic E-state index is 13.3. The minimum atomic E-state index is 0.0205. The van der Waals surface area contributed by atoms with Crippen LogP contribution in [-0.4, -0.2) is 41.9 Å². The van der Waals surface area contributed by atoms with Gasteiger partial charge in [-0.1, -0.05) is 48.0 Å². The van der Waals surface area contributed by atoms with Crippen LogP contribution in [0.2, 0.25) is 4.34 Å². The van der Waals surface area contributed by atoms with Crippen molar-refractivity contribution in [2.75, 3.05) is 26.2 Å². The maximum Gasteiger partial charge on any atom is 0.254 e. The van der Waals surface area contributed by atoms with Gasteiger partial charge in [-0.2, -0.15) is 5.26 Å². The van der Waals surface area contributed by atoms with Gasteiger partial charge in [-0.15, -0.1) is 11.3 Å². The summed E-state index contributed by atoms with van der Waals surface area (Å²) in [5.74, 6) is 0.0205. The number of carbonyl (C=O) groups excluding carboxylic acids is 1. The minimum absolute atomic E-state index is 0.0205. The third kappa shape index (κ3) is 4.35. The molecule has 2 aromatic carbocycles. The Morgan fingerprint density at radius 3 is 2.34 bits per heavy atom. The van der Waals surface area contributed by atoms with Crippen LogP contribution in [0.5, 0.6) is 0 Å². The highest BCUT2D eigenvalue weighted by atomic mass is 35.5. The highest BCUT2D eigenvalue weighted by Gasteiger charge is 2.24. The Bertz CT molecular complexity index is 1060. The molecular formula is C23H20ClN3OS. The van der Waals surface area contributed by atoms with Gasteiger partial charge in [0.25, 0.3) is 5.91 Å². The molecule has 1 aliphatic rings. The Kier molecular flexibility index (Phi) is 5.96. The predicted molar refractivity (Wildman–Crippen MR) is 117 cm³/mol. The van der Waals surface area contributed by atoms with Gasteiger partial charge in [0.1, 0.15) is 0 Å². The topological polar surface area (TPSA) is 47.3 Å². The predicted octanol–water partition coefficient (Wildman–Crippen LogP) is 4.90. The smallest absolute Gasteiger partial charge is 0.254 e. The Hall–Kier alpha value is -2.65. The summed E-state index contributed by atoms with van der Waals surface area (Å²) in [6, 6.07) is 21.2. The van der Waals surface area contributed by atoms with E-state index in [4.69, 9.17) is 11.6 Å². The fraction of sp³-hybridized carbons (Fsp3) is 0.217. The summed E-state index contributed by atoms with van der Waals surface area (Å²) >= 11 is 7.63. The van der Waals surface area contributed by atoms with Gasteiger partial charge in [0, 0.05) is 48.7 Å². The molecule has 0 radical (unpaired) electrons. The maximum absolute atomic E-state index is 13.3. The Morgan fingerprint density at radius 1 is 0.966 bits per heavy atom. The van der Waals surface area contributed by atoms with Gasteiger partial charge in [0.15, 0.2) is 0 Å². The lowest BCUT2D eigenvalue weighted by atomic mass is 9.95. The van der Waals surface area contributed by atoms with E-state index in [9.17, 15) is 10.1 Å². The molecule has 0 unspecified atom stereocenters. The van der Waals surface area contributed by atoms with E-state index < -0.39 is 0 Å². The highest BCUT2D eigenvalue weighted by Crippen LogP contribution is 2.28. The molecule has 2 heterocycles. The molecule has 0 atom stereocenters. The van der Waals surface area contributed by atoms with Crippen molar-refractivity contribution >= 4 is 28.8 Å². The van der Waals surface area contributed by atoms with Gasteiger partial charge in [-0.3, -0.25) is 9.69 Å². The Labute approximate surface area is 179 Å². The van der Waals surface area contributed by atoms with E-state index in [0.717, 1.165) is 35.1 Å². The first-order chi connectivity index (χ1) is 14.2. The van der Waals surface area contributed by atoms with Crippen molar-refractivity contribution in [2.45, 2.75) is 6.54 Å². The van der Waals surface area contributed by atoms with Crippen molar-refractivity contribution in [1.29, 1.82) is 5.26 Å². The number of rotatable bonds is 4. The molecule has 29 heavy (non-hydrogen) atoms. The number of hydrogen-bond donors (Lipinski definition) is 0. The summed E-state index contributed by atoms with van der Waals surface area (Å²) in [5.41, 5.74) is 2.83. The molecule has 0 spiro atoms. The molecule has 4 rings (SSSR count). The van der Waals surface area contributed by atoms with Gasteiger partial charge < -0.3 is 4.90 Å². The average molecular weight is 422 g/mol. The quantitative estimate of drug-likeness (QED) is 0.602. The molecule has 146 valence electrons. The highest BCUT2D eigenvalue weighted by molar-refractivity contribution is 7.16. The normalized spacial score (nSPS) is 14.6. The molecule has 6 heteroatoms. The van der Waals surface area contributed by atoms with Gasteiger partial charge in [0.05, 0.1) is 16.0 Å². The summed E-state index contributed by atoms with van der Waals surface area (Å²) in [6.45, 7) is 3.90. The monoisotopic (exact) mass is 421 g/mol. The first-order valence-corrected chi connectivity index (χ1v) is 10.7. The first kappa shape index (κ1) is 19.7. The van der Waals surface area contributed by atoms with Crippen molar-refractivity contribution in [1.82, 2.24) is 9.80 Å². The van der Waals surface area contributed by atoms with E-state index in [0.29, 0.717) is 24.2 Å². The van der Waals surface area contributed by atoms with Crippen LogP contribution in [0.4, 0.5) is 0 Å².